The summed E-state index contributed by atoms with van der Waals surface area (Å²) >= 11 is 5.85. The van der Waals surface area contributed by atoms with E-state index >= 15 is 0 Å². The molecule has 19 heavy (non-hydrogen) atoms. The van der Waals surface area contributed by atoms with Gasteiger partial charge >= 0.3 is 0 Å². The van der Waals surface area contributed by atoms with Gasteiger partial charge in [-0.1, -0.05) is 18.5 Å². The van der Waals surface area contributed by atoms with Crippen molar-refractivity contribution in [2.24, 2.45) is 0 Å². The minimum absolute atomic E-state index is 0.0749. The van der Waals surface area contributed by atoms with Gasteiger partial charge in [0.15, 0.2) is 0 Å². The second-order valence-electron chi connectivity index (χ2n) is 3.92. The number of carbonyl (C=O) groups excluding carboxylic acids is 2. The number of nitrogens with one attached hydrogen (secondary N) is 2. The SMILES string of the molecule is CCCC(=O)NCC(=O)Nc1cc(Cl)ccc1OC. The van der Waals surface area contributed by atoms with Gasteiger partial charge in [0.1, 0.15) is 5.75 Å². The molecule has 0 aromatic heterocycles. The van der Waals surface area contributed by atoms with Gasteiger partial charge in [0.25, 0.3) is 0 Å². The molecule has 0 bridgehead atoms. The zero-order valence-electron chi connectivity index (χ0n) is 11.0. The highest BCUT2D eigenvalue weighted by Crippen LogP contribution is 2.27. The van der Waals surface area contributed by atoms with Gasteiger partial charge in [-0.2, -0.15) is 0 Å². The fraction of sp³-hybridized carbons (Fsp3) is 0.385. The van der Waals surface area contributed by atoms with Crippen molar-refractivity contribution >= 4 is 29.1 Å². The van der Waals surface area contributed by atoms with Crippen LogP contribution in [0.1, 0.15) is 19.8 Å². The van der Waals surface area contributed by atoms with E-state index in [4.69, 9.17) is 16.3 Å². The zero-order chi connectivity index (χ0) is 14.3. The van der Waals surface area contributed by atoms with Crippen molar-refractivity contribution in [2.45, 2.75) is 19.8 Å². The van der Waals surface area contributed by atoms with Crippen LogP contribution in [0.3, 0.4) is 0 Å². The Morgan fingerprint density at radius 2 is 2.05 bits per heavy atom. The lowest BCUT2D eigenvalue weighted by Gasteiger charge is -2.11. The molecule has 1 aromatic rings. The molecule has 1 rings (SSSR count). The molecular weight excluding hydrogens is 268 g/mol. The maximum Gasteiger partial charge on any atom is 0.243 e. The van der Waals surface area contributed by atoms with Gasteiger partial charge in [-0.05, 0) is 24.6 Å². The first kappa shape index (κ1) is 15.3. The third-order valence-electron chi connectivity index (χ3n) is 2.36. The van der Waals surface area contributed by atoms with E-state index in [1.807, 2.05) is 6.92 Å². The van der Waals surface area contributed by atoms with Crippen molar-refractivity contribution in [2.75, 3.05) is 19.0 Å². The third kappa shape index (κ3) is 5.18. The lowest BCUT2D eigenvalue weighted by molar-refractivity contribution is -0.124. The summed E-state index contributed by atoms with van der Waals surface area (Å²) in [4.78, 5) is 22.9. The van der Waals surface area contributed by atoms with Crippen molar-refractivity contribution in [3.05, 3.63) is 23.2 Å². The molecule has 0 atom stereocenters. The van der Waals surface area contributed by atoms with Gasteiger partial charge in [0.2, 0.25) is 11.8 Å². The summed E-state index contributed by atoms with van der Waals surface area (Å²) in [5, 5.41) is 5.66. The minimum atomic E-state index is -0.329. The van der Waals surface area contributed by atoms with E-state index in [-0.39, 0.29) is 18.4 Å². The number of amides is 2. The van der Waals surface area contributed by atoms with Crippen LogP contribution in [0.25, 0.3) is 0 Å². The maximum atomic E-state index is 11.7. The lowest BCUT2D eigenvalue weighted by atomic mass is 10.3. The van der Waals surface area contributed by atoms with Crippen molar-refractivity contribution < 1.29 is 14.3 Å². The summed E-state index contributed by atoms with van der Waals surface area (Å²) in [5.41, 5.74) is 0.477. The van der Waals surface area contributed by atoms with Gasteiger partial charge in [-0.15, -0.1) is 0 Å². The zero-order valence-corrected chi connectivity index (χ0v) is 11.7. The molecule has 0 saturated heterocycles. The molecule has 6 heteroatoms. The average Bonchev–Trinajstić information content (AvgIpc) is 2.37. The number of halogens is 1. The molecule has 104 valence electrons. The number of hydrogen-bond donors (Lipinski definition) is 2. The molecule has 2 N–H and O–H groups in total. The number of rotatable bonds is 6. The molecule has 2 amide bonds. The predicted molar refractivity (Wildman–Crippen MR) is 74.6 cm³/mol. The molecule has 0 heterocycles. The van der Waals surface area contributed by atoms with E-state index in [2.05, 4.69) is 10.6 Å². The highest BCUT2D eigenvalue weighted by atomic mass is 35.5. The van der Waals surface area contributed by atoms with Crippen LogP contribution >= 0.6 is 11.6 Å². The van der Waals surface area contributed by atoms with Crippen molar-refractivity contribution in [3.8, 4) is 5.75 Å². The molecule has 0 saturated carbocycles. The fourth-order valence-corrected chi connectivity index (χ4v) is 1.64. The summed E-state index contributed by atoms with van der Waals surface area (Å²) in [5.74, 6) is 0.0402. The third-order valence-corrected chi connectivity index (χ3v) is 2.59. The molecule has 0 aliphatic rings. The van der Waals surface area contributed by atoms with E-state index in [1.165, 1.54) is 7.11 Å². The Bertz CT molecular complexity index is 463. The lowest BCUT2D eigenvalue weighted by Crippen LogP contribution is -2.32. The summed E-state index contributed by atoms with van der Waals surface area (Å²) in [6, 6.07) is 4.92. The predicted octanol–water partition coefficient (Wildman–Crippen LogP) is 2.20. The van der Waals surface area contributed by atoms with Crippen LogP contribution in [0.2, 0.25) is 5.02 Å². The average molecular weight is 285 g/mol. The van der Waals surface area contributed by atoms with Crippen molar-refractivity contribution in [1.82, 2.24) is 5.32 Å². The van der Waals surface area contributed by atoms with Gasteiger partial charge in [0.05, 0.1) is 19.3 Å². The Balaban J connectivity index is 2.57. The van der Waals surface area contributed by atoms with Gasteiger partial charge in [0, 0.05) is 11.4 Å². The van der Waals surface area contributed by atoms with Crippen LogP contribution in [0.5, 0.6) is 5.75 Å². The van der Waals surface area contributed by atoms with Crippen LogP contribution in [0.15, 0.2) is 18.2 Å². The molecule has 0 unspecified atom stereocenters. The molecule has 1 aromatic carbocycles. The normalized spacial score (nSPS) is 9.84. The summed E-state index contributed by atoms with van der Waals surface area (Å²) < 4.78 is 5.10. The van der Waals surface area contributed by atoms with Crippen LogP contribution < -0.4 is 15.4 Å². The van der Waals surface area contributed by atoms with Crippen LogP contribution in [0.4, 0.5) is 5.69 Å². The Morgan fingerprint density at radius 3 is 2.68 bits per heavy atom. The van der Waals surface area contributed by atoms with Crippen molar-refractivity contribution in [3.63, 3.8) is 0 Å². The van der Waals surface area contributed by atoms with E-state index in [1.54, 1.807) is 18.2 Å². The van der Waals surface area contributed by atoms with Crippen molar-refractivity contribution in [1.29, 1.82) is 0 Å². The Kier molecular flexibility index (Phi) is 6.15. The number of methoxy groups -OCH3 is 1. The number of benzene rings is 1. The molecule has 0 fully saturated rings. The second-order valence-corrected chi connectivity index (χ2v) is 4.36. The highest BCUT2D eigenvalue weighted by molar-refractivity contribution is 6.31. The van der Waals surface area contributed by atoms with Gasteiger partial charge in [-0.25, -0.2) is 0 Å². The summed E-state index contributed by atoms with van der Waals surface area (Å²) in [6.07, 6.45) is 1.16. The highest BCUT2D eigenvalue weighted by Gasteiger charge is 2.09. The smallest absolute Gasteiger partial charge is 0.243 e. The van der Waals surface area contributed by atoms with Crippen LogP contribution in [-0.2, 0) is 9.59 Å². The quantitative estimate of drug-likeness (QED) is 0.841. The first-order chi connectivity index (χ1) is 9.06. The molecule has 0 aliphatic carbocycles. The number of hydrogen-bond acceptors (Lipinski definition) is 3. The largest absolute Gasteiger partial charge is 0.495 e. The second kappa shape index (κ2) is 7.63. The molecule has 0 radical (unpaired) electrons. The molecule has 5 nitrogen and oxygen atoms in total. The summed E-state index contributed by atoms with van der Waals surface area (Å²) in [7, 11) is 1.50. The monoisotopic (exact) mass is 284 g/mol. The Labute approximate surface area is 117 Å². The molecule has 0 aliphatic heterocycles. The topological polar surface area (TPSA) is 67.4 Å². The fourth-order valence-electron chi connectivity index (χ4n) is 1.47. The maximum absolute atomic E-state index is 11.7. The number of carbonyl (C=O) groups is 2. The van der Waals surface area contributed by atoms with Crippen LogP contribution in [-0.4, -0.2) is 25.5 Å². The Hall–Kier alpha value is -1.75. The first-order valence-corrected chi connectivity index (χ1v) is 6.34. The van der Waals surface area contributed by atoms with Gasteiger partial charge in [-0.3, -0.25) is 9.59 Å². The molecule has 0 spiro atoms. The minimum Gasteiger partial charge on any atom is -0.495 e. The number of anilines is 1. The Morgan fingerprint density at radius 1 is 1.32 bits per heavy atom. The first-order valence-electron chi connectivity index (χ1n) is 5.97. The summed E-state index contributed by atoms with van der Waals surface area (Å²) in [6.45, 7) is 1.82. The van der Waals surface area contributed by atoms with Crippen LogP contribution in [0, 0.1) is 0 Å². The van der Waals surface area contributed by atoms with E-state index in [9.17, 15) is 9.59 Å². The van der Waals surface area contributed by atoms with E-state index < -0.39 is 0 Å². The molecular formula is C13H17ClN2O3. The standard InChI is InChI=1S/C13H17ClN2O3/c1-3-4-12(17)15-8-13(18)16-10-7-9(14)5-6-11(10)19-2/h5-7H,3-4,8H2,1-2H3,(H,15,17)(H,16,18). The van der Waals surface area contributed by atoms with E-state index in [0.717, 1.165) is 6.42 Å². The number of ether oxygens (including phenoxy) is 1. The van der Waals surface area contributed by atoms with Gasteiger partial charge < -0.3 is 15.4 Å². The van der Waals surface area contributed by atoms with E-state index in [0.29, 0.717) is 22.9 Å².